The highest BCUT2D eigenvalue weighted by atomic mass is 32.2. The van der Waals surface area contributed by atoms with Gasteiger partial charge in [0.2, 0.25) is 0 Å². The van der Waals surface area contributed by atoms with E-state index in [0.29, 0.717) is 12.8 Å². The van der Waals surface area contributed by atoms with Gasteiger partial charge in [-0.05, 0) is 12.8 Å². The Balaban J connectivity index is 2.90. The van der Waals surface area contributed by atoms with Gasteiger partial charge in [-0.2, -0.15) is 0 Å². The maximum absolute atomic E-state index is 11.1. The molecule has 1 aliphatic carbocycles. The number of hydrogen-bond donors (Lipinski definition) is 1. The first-order chi connectivity index (χ1) is 4.91. The molecular weight excluding hydrogens is 164 g/mol. The average molecular weight is 176 g/mol. The molecule has 3 nitrogen and oxygen atoms in total. The zero-order valence-electron chi connectivity index (χ0n) is 6.50. The van der Waals surface area contributed by atoms with Crippen molar-refractivity contribution in [2.24, 2.45) is 0 Å². The second-order valence-corrected chi connectivity index (χ2v) is 5.63. The predicted molar refractivity (Wildman–Crippen MR) is 43.0 cm³/mol. The van der Waals surface area contributed by atoms with Crippen LogP contribution in [0.15, 0.2) is 12.2 Å². The Morgan fingerprint density at radius 3 is 2.18 bits per heavy atom. The minimum Gasteiger partial charge on any atom is -0.395 e. The van der Waals surface area contributed by atoms with Crippen LogP contribution in [-0.2, 0) is 9.84 Å². The van der Waals surface area contributed by atoms with Gasteiger partial charge in [0.05, 0.1) is 6.61 Å². The number of hydrogen-bond acceptors (Lipinski definition) is 3. The molecule has 1 N–H and O–H groups in total. The fourth-order valence-electron chi connectivity index (χ4n) is 1.35. The lowest BCUT2D eigenvalue weighted by Gasteiger charge is -2.39. The zero-order valence-corrected chi connectivity index (χ0v) is 7.32. The van der Waals surface area contributed by atoms with Gasteiger partial charge in [-0.3, -0.25) is 0 Å². The monoisotopic (exact) mass is 176 g/mol. The van der Waals surface area contributed by atoms with Gasteiger partial charge in [0.1, 0.15) is 4.75 Å². The maximum Gasteiger partial charge on any atom is 0.156 e. The van der Waals surface area contributed by atoms with Crippen LogP contribution in [0.3, 0.4) is 0 Å². The summed E-state index contributed by atoms with van der Waals surface area (Å²) in [5.74, 6) is 0. The van der Waals surface area contributed by atoms with Crippen LogP contribution in [0.4, 0.5) is 0 Å². The lowest BCUT2D eigenvalue weighted by atomic mass is 9.81. The van der Waals surface area contributed by atoms with Gasteiger partial charge in [0, 0.05) is 6.26 Å². The number of allylic oxidation sites excluding steroid dienone is 1. The molecule has 0 spiro atoms. The third-order valence-electron chi connectivity index (χ3n) is 2.22. The van der Waals surface area contributed by atoms with Crippen LogP contribution >= 0.6 is 0 Å². The third-order valence-corrected chi connectivity index (χ3v) is 4.21. The van der Waals surface area contributed by atoms with Gasteiger partial charge in [-0.25, -0.2) is 8.42 Å². The van der Waals surface area contributed by atoms with Crippen molar-refractivity contribution in [3.05, 3.63) is 12.2 Å². The molecule has 4 heteroatoms. The summed E-state index contributed by atoms with van der Waals surface area (Å²) in [6.45, 7) is 3.35. The van der Waals surface area contributed by atoms with Crippen molar-refractivity contribution < 1.29 is 13.5 Å². The van der Waals surface area contributed by atoms with E-state index >= 15 is 0 Å². The van der Waals surface area contributed by atoms with Crippen molar-refractivity contribution in [2.75, 3.05) is 12.9 Å². The molecule has 0 aromatic carbocycles. The molecule has 0 amide bonds. The van der Waals surface area contributed by atoms with Gasteiger partial charge in [0.25, 0.3) is 0 Å². The second kappa shape index (κ2) is 2.32. The van der Waals surface area contributed by atoms with E-state index in [1.165, 1.54) is 0 Å². The Hall–Kier alpha value is -0.350. The predicted octanol–water partition coefficient (Wildman–Crippen LogP) is 0.112. The molecule has 1 rings (SSSR count). The molecule has 0 radical (unpaired) electrons. The first-order valence-corrected chi connectivity index (χ1v) is 5.27. The minimum atomic E-state index is -3.12. The van der Waals surface area contributed by atoms with E-state index in [1.54, 1.807) is 0 Å². The van der Waals surface area contributed by atoms with Crippen molar-refractivity contribution in [2.45, 2.75) is 17.6 Å². The lowest BCUT2D eigenvalue weighted by Crippen LogP contribution is -2.48. The smallest absolute Gasteiger partial charge is 0.156 e. The Labute approximate surface area is 66.7 Å². The van der Waals surface area contributed by atoms with E-state index in [0.717, 1.165) is 11.8 Å². The van der Waals surface area contributed by atoms with Gasteiger partial charge in [-0.1, -0.05) is 12.2 Å². The second-order valence-electron chi connectivity index (χ2n) is 3.22. The molecule has 0 unspecified atom stereocenters. The Morgan fingerprint density at radius 2 is 2.09 bits per heavy atom. The molecule has 0 aliphatic heterocycles. The first kappa shape index (κ1) is 8.74. The van der Waals surface area contributed by atoms with E-state index < -0.39 is 14.6 Å². The van der Waals surface area contributed by atoms with Gasteiger partial charge in [-0.15, -0.1) is 0 Å². The SMILES string of the molecule is C=C1CC(CO)(S(C)(=O)=O)C1. The number of aliphatic hydroxyl groups is 1. The molecule has 0 atom stereocenters. The average Bonchev–Trinajstić information content (AvgIpc) is 1.77. The summed E-state index contributed by atoms with van der Waals surface area (Å²) in [5, 5.41) is 8.87. The van der Waals surface area contributed by atoms with Crippen molar-refractivity contribution >= 4 is 9.84 Å². The Morgan fingerprint density at radius 1 is 1.64 bits per heavy atom. The van der Waals surface area contributed by atoms with Crippen LogP contribution in [0.25, 0.3) is 0 Å². The summed E-state index contributed by atoms with van der Waals surface area (Å²) in [5.41, 5.74) is 0.907. The van der Waals surface area contributed by atoms with Crippen molar-refractivity contribution in [3.63, 3.8) is 0 Å². The van der Waals surface area contributed by atoms with Crippen LogP contribution in [0.2, 0.25) is 0 Å². The quantitative estimate of drug-likeness (QED) is 0.608. The zero-order chi connectivity index (χ0) is 8.70. The summed E-state index contributed by atoms with van der Waals surface area (Å²) in [6.07, 6.45) is 2.00. The van der Waals surface area contributed by atoms with Crippen LogP contribution in [-0.4, -0.2) is 31.1 Å². The van der Waals surface area contributed by atoms with Crippen LogP contribution < -0.4 is 0 Å². The van der Waals surface area contributed by atoms with Crippen molar-refractivity contribution in [3.8, 4) is 0 Å². The lowest BCUT2D eigenvalue weighted by molar-refractivity contribution is 0.214. The van der Waals surface area contributed by atoms with Crippen molar-refractivity contribution in [1.29, 1.82) is 0 Å². The molecule has 1 fully saturated rings. The van der Waals surface area contributed by atoms with E-state index in [-0.39, 0.29) is 6.61 Å². The number of sulfone groups is 1. The van der Waals surface area contributed by atoms with Crippen LogP contribution in [0, 0.1) is 0 Å². The van der Waals surface area contributed by atoms with E-state index in [2.05, 4.69) is 6.58 Å². The summed E-state index contributed by atoms with van der Waals surface area (Å²) in [4.78, 5) is 0. The van der Waals surface area contributed by atoms with Crippen LogP contribution in [0.1, 0.15) is 12.8 Å². The van der Waals surface area contributed by atoms with Crippen molar-refractivity contribution in [1.82, 2.24) is 0 Å². The Kier molecular flexibility index (Phi) is 1.84. The molecule has 0 heterocycles. The Bertz CT molecular complexity index is 268. The fraction of sp³-hybridized carbons (Fsp3) is 0.714. The number of rotatable bonds is 2. The first-order valence-electron chi connectivity index (χ1n) is 3.38. The number of aliphatic hydroxyl groups excluding tert-OH is 1. The highest BCUT2D eigenvalue weighted by Crippen LogP contribution is 2.41. The molecule has 0 bridgehead atoms. The largest absolute Gasteiger partial charge is 0.395 e. The van der Waals surface area contributed by atoms with Gasteiger partial charge < -0.3 is 5.11 Å². The third kappa shape index (κ3) is 1.20. The summed E-state index contributed by atoms with van der Waals surface area (Å²) in [6, 6.07) is 0. The van der Waals surface area contributed by atoms with Gasteiger partial charge in [0.15, 0.2) is 9.84 Å². The molecule has 0 aromatic rings. The highest BCUT2D eigenvalue weighted by Gasteiger charge is 2.47. The fourth-order valence-corrected chi connectivity index (χ4v) is 2.52. The molecule has 11 heavy (non-hydrogen) atoms. The summed E-state index contributed by atoms with van der Waals surface area (Å²) in [7, 11) is -3.12. The summed E-state index contributed by atoms with van der Waals surface area (Å²) < 4.78 is 21.3. The summed E-state index contributed by atoms with van der Waals surface area (Å²) >= 11 is 0. The molecule has 0 saturated heterocycles. The van der Waals surface area contributed by atoms with E-state index in [4.69, 9.17) is 5.11 Å². The van der Waals surface area contributed by atoms with Gasteiger partial charge >= 0.3 is 0 Å². The molecule has 1 aliphatic rings. The van der Waals surface area contributed by atoms with E-state index in [1.807, 2.05) is 0 Å². The molecule has 1 saturated carbocycles. The molecule has 0 aromatic heterocycles. The maximum atomic E-state index is 11.1. The topological polar surface area (TPSA) is 54.4 Å². The van der Waals surface area contributed by atoms with Crippen LogP contribution in [0.5, 0.6) is 0 Å². The minimum absolute atomic E-state index is 0.287. The normalized spacial score (nSPS) is 22.9. The highest BCUT2D eigenvalue weighted by molar-refractivity contribution is 7.92. The van der Waals surface area contributed by atoms with E-state index in [9.17, 15) is 8.42 Å². The standard InChI is InChI=1S/C7H12O3S/c1-6-3-7(4-6,5-8)11(2,9)10/h8H,1,3-5H2,2H3. The molecular formula is C7H12O3S. The molecule has 64 valence electrons.